The standard InChI is InChI=1S/2C21H28O5S.Ca/c2*1-2-3-4-5-6-7-8-10-17-11-9-12-20(21(17)22)26-18-13-15-19(16-14-18)27(23,24)25;/h2*9,11-16,22H,2-8,10H2,1H3,(H,23,24,25);/q;;+2/p-2. The number of aryl methyl sites for hydroxylation is 2. The van der Waals surface area contributed by atoms with E-state index in [1.54, 1.807) is 18.2 Å². The number of rotatable bonds is 22. The smallest absolute Gasteiger partial charge is 0.870 e. The summed E-state index contributed by atoms with van der Waals surface area (Å²) in [5, 5.41) is 23.0. The zero-order chi connectivity index (χ0) is 39.4. The van der Waals surface area contributed by atoms with Crippen molar-refractivity contribution in [3.63, 3.8) is 0 Å². The summed E-state index contributed by atoms with van der Waals surface area (Å²) in [6, 6.07) is 21.0. The van der Waals surface area contributed by atoms with Crippen LogP contribution in [-0.2, 0) is 33.1 Å². The molecule has 0 spiro atoms. The fourth-order valence-electron chi connectivity index (χ4n) is 5.84. The molecular weight excluding hydrogens is 769 g/mol. The zero-order valence-corrected chi connectivity index (χ0v) is 35.9. The summed E-state index contributed by atoms with van der Waals surface area (Å²) in [6.07, 6.45) is 18.3. The number of hydrogen-bond donors (Lipinski definition) is 2. The number of benzene rings is 4. The van der Waals surface area contributed by atoms with Crippen molar-refractivity contribution < 1.29 is 45.6 Å². The van der Waals surface area contributed by atoms with Gasteiger partial charge < -0.3 is 24.2 Å². The first-order chi connectivity index (χ1) is 25.8. The van der Waals surface area contributed by atoms with Gasteiger partial charge in [-0.05, 0) is 91.9 Å². The second-order valence-corrected chi connectivity index (χ2v) is 16.1. The number of aromatic hydroxyl groups is 1. The molecule has 0 aromatic heterocycles. The van der Waals surface area contributed by atoms with E-state index in [2.05, 4.69) is 13.8 Å². The molecule has 0 saturated heterocycles. The summed E-state index contributed by atoms with van der Waals surface area (Å²) in [5.41, 5.74) is 1.57. The molecule has 4 aromatic rings. The molecule has 0 heterocycles. The van der Waals surface area contributed by atoms with E-state index >= 15 is 0 Å². The van der Waals surface area contributed by atoms with Crippen molar-refractivity contribution in [1.82, 2.24) is 0 Å². The fourth-order valence-corrected chi connectivity index (χ4v) is 6.79. The normalized spacial score (nSPS) is 11.3. The fraction of sp³-hybridized carbons (Fsp3) is 0.429. The van der Waals surface area contributed by atoms with Gasteiger partial charge in [0.2, 0.25) is 0 Å². The average Bonchev–Trinajstić information content (AvgIpc) is 3.13. The van der Waals surface area contributed by atoms with Crippen LogP contribution in [0.2, 0.25) is 0 Å². The van der Waals surface area contributed by atoms with Gasteiger partial charge in [0.15, 0.2) is 11.5 Å². The molecule has 0 radical (unpaired) electrons. The van der Waals surface area contributed by atoms with Gasteiger partial charge in [-0.1, -0.05) is 126 Å². The summed E-state index contributed by atoms with van der Waals surface area (Å²) in [6.45, 7) is 4.41. The van der Waals surface area contributed by atoms with Crippen LogP contribution in [0.5, 0.6) is 34.5 Å². The van der Waals surface area contributed by atoms with Crippen LogP contribution in [0.1, 0.15) is 115 Å². The van der Waals surface area contributed by atoms with E-state index in [9.17, 15) is 31.6 Å². The van der Waals surface area contributed by atoms with Crippen molar-refractivity contribution in [2.75, 3.05) is 0 Å². The molecular formula is C42H54CaO10S2. The summed E-state index contributed by atoms with van der Waals surface area (Å²) in [7, 11) is -8.73. The molecule has 0 amide bonds. The molecule has 0 aliphatic carbocycles. The van der Waals surface area contributed by atoms with Crippen molar-refractivity contribution in [1.29, 1.82) is 0 Å². The number of ether oxygens (including phenoxy) is 2. The Kier molecular flexibility index (Phi) is 22.3. The second kappa shape index (κ2) is 25.4. The monoisotopic (exact) mass is 822 g/mol. The van der Waals surface area contributed by atoms with Crippen molar-refractivity contribution in [2.45, 2.75) is 126 Å². The summed E-state index contributed by atoms with van der Waals surface area (Å²) >= 11 is 0. The molecule has 13 heteroatoms. The number of phenols is 1. The SMILES string of the molecule is CCCCCCCCCc1cccc(Oc2ccc(S(=O)(=O)O)cc2)c1O.CCCCCCCCCc1cccc(Oc2ccc(S(=O)(=O)[O-])cc2)c1[O-].[Ca+2]. The Hall–Kier alpha value is -2.84. The predicted molar refractivity (Wildman–Crippen MR) is 214 cm³/mol. The Bertz CT molecular complexity index is 1770. The van der Waals surface area contributed by atoms with E-state index in [4.69, 9.17) is 14.0 Å². The van der Waals surface area contributed by atoms with Gasteiger partial charge in [-0.25, -0.2) is 8.42 Å². The maximum atomic E-state index is 12.5. The molecule has 0 unspecified atom stereocenters. The van der Waals surface area contributed by atoms with E-state index in [1.807, 2.05) is 18.2 Å². The third kappa shape index (κ3) is 17.9. The molecule has 0 aliphatic rings. The van der Waals surface area contributed by atoms with Crippen LogP contribution >= 0.6 is 0 Å². The summed E-state index contributed by atoms with van der Waals surface area (Å²) in [5.74, 6) is 1.19. The van der Waals surface area contributed by atoms with Gasteiger partial charge in [-0.3, -0.25) is 4.55 Å². The van der Waals surface area contributed by atoms with E-state index in [-0.39, 0.29) is 64.8 Å². The van der Waals surface area contributed by atoms with Crippen LogP contribution in [0.4, 0.5) is 0 Å². The minimum Gasteiger partial charge on any atom is -0.870 e. The van der Waals surface area contributed by atoms with Gasteiger partial charge in [0, 0.05) is 0 Å². The Morgan fingerprint density at radius 3 is 1.42 bits per heavy atom. The minimum atomic E-state index is -4.50. The molecule has 296 valence electrons. The maximum Gasteiger partial charge on any atom is 2.00 e. The summed E-state index contributed by atoms with van der Waals surface area (Å²) in [4.78, 5) is -0.531. The van der Waals surface area contributed by atoms with Gasteiger partial charge >= 0.3 is 37.7 Å². The molecule has 0 fully saturated rings. The predicted octanol–water partition coefficient (Wildman–Crippen LogP) is 10.1. The first-order valence-electron chi connectivity index (χ1n) is 18.9. The van der Waals surface area contributed by atoms with Crippen LogP contribution in [0.15, 0.2) is 94.7 Å². The van der Waals surface area contributed by atoms with Crippen LogP contribution in [-0.4, -0.2) is 68.8 Å². The van der Waals surface area contributed by atoms with Crippen LogP contribution in [0.25, 0.3) is 0 Å². The average molecular weight is 823 g/mol. The Morgan fingerprint density at radius 2 is 0.945 bits per heavy atom. The largest absolute Gasteiger partial charge is 2.00 e. The molecule has 2 N–H and O–H groups in total. The minimum absolute atomic E-state index is 0. The molecule has 4 aromatic carbocycles. The third-order valence-electron chi connectivity index (χ3n) is 8.93. The third-order valence-corrected chi connectivity index (χ3v) is 10.6. The summed E-state index contributed by atoms with van der Waals surface area (Å²) < 4.78 is 75.3. The maximum absolute atomic E-state index is 12.5. The number of phenolic OH excluding ortho intramolecular Hbond substituents is 1. The van der Waals surface area contributed by atoms with Gasteiger partial charge in [-0.2, -0.15) is 8.42 Å². The van der Waals surface area contributed by atoms with Crippen LogP contribution in [0.3, 0.4) is 0 Å². The van der Waals surface area contributed by atoms with Crippen molar-refractivity contribution in [2.24, 2.45) is 0 Å². The quantitative estimate of drug-likeness (QED) is 0.0441. The van der Waals surface area contributed by atoms with E-state index in [1.165, 1.54) is 113 Å². The Balaban J connectivity index is 0.000000373. The molecule has 0 saturated carbocycles. The first-order valence-corrected chi connectivity index (χ1v) is 21.8. The molecule has 0 atom stereocenters. The van der Waals surface area contributed by atoms with E-state index in [0.717, 1.165) is 49.7 Å². The Morgan fingerprint density at radius 1 is 0.545 bits per heavy atom. The first kappa shape index (κ1) is 48.3. The van der Waals surface area contributed by atoms with E-state index < -0.39 is 20.2 Å². The van der Waals surface area contributed by atoms with Crippen LogP contribution < -0.4 is 14.6 Å². The molecule has 10 nitrogen and oxygen atoms in total. The van der Waals surface area contributed by atoms with Gasteiger partial charge in [0.05, 0.1) is 9.79 Å². The molecule has 0 bridgehead atoms. The van der Waals surface area contributed by atoms with Crippen molar-refractivity contribution in [3.8, 4) is 34.5 Å². The molecule has 55 heavy (non-hydrogen) atoms. The van der Waals surface area contributed by atoms with Crippen molar-refractivity contribution >= 4 is 58.0 Å². The topological polar surface area (TPSA) is 173 Å². The number of para-hydroxylation sites is 2. The van der Waals surface area contributed by atoms with Gasteiger partial charge in [0.25, 0.3) is 10.1 Å². The zero-order valence-electron chi connectivity index (χ0n) is 32.1. The van der Waals surface area contributed by atoms with Crippen LogP contribution in [0, 0.1) is 0 Å². The van der Waals surface area contributed by atoms with Crippen molar-refractivity contribution in [3.05, 3.63) is 96.1 Å². The van der Waals surface area contributed by atoms with Gasteiger partial charge in [-0.15, -0.1) is 0 Å². The number of hydrogen-bond acceptors (Lipinski definition) is 9. The second-order valence-electron chi connectivity index (χ2n) is 13.3. The van der Waals surface area contributed by atoms with Gasteiger partial charge in [0.1, 0.15) is 27.4 Å². The molecule has 4 rings (SSSR count). The number of unbranched alkanes of at least 4 members (excludes halogenated alkanes) is 12. The van der Waals surface area contributed by atoms with E-state index in [0.29, 0.717) is 17.2 Å². The Labute approximate surface area is 357 Å². The molecule has 0 aliphatic heterocycles.